The first-order valence-corrected chi connectivity index (χ1v) is 18.7. The zero-order chi connectivity index (χ0) is 35.3. The maximum atomic E-state index is 13.1. The molecule has 52 heavy (non-hydrogen) atoms. The minimum Gasteiger partial charge on any atom is -0.392 e. The molecule has 0 saturated carbocycles. The van der Waals surface area contributed by atoms with Crippen molar-refractivity contribution in [3.05, 3.63) is 131 Å². The second kappa shape index (κ2) is 16.0. The predicted molar refractivity (Wildman–Crippen MR) is 201 cm³/mol. The molecule has 3 aliphatic heterocycles. The number of aliphatic hydroxyl groups is 1. The number of ether oxygens (including phenoxy) is 2. The van der Waals surface area contributed by atoms with Crippen molar-refractivity contribution in [3.63, 3.8) is 0 Å². The van der Waals surface area contributed by atoms with Crippen LogP contribution >= 0.6 is 0 Å². The van der Waals surface area contributed by atoms with Crippen LogP contribution in [0.5, 0.6) is 0 Å². The van der Waals surface area contributed by atoms with Crippen LogP contribution in [-0.2, 0) is 22.6 Å². The summed E-state index contributed by atoms with van der Waals surface area (Å²) in [6, 6.07) is 32.8. The van der Waals surface area contributed by atoms with Crippen LogP contribution in [0, 0.1) is 0 Å². The number of para-hydroxylation sites is 2. The molecular weight excluding hydrogens is 651 g/mol. The van der Waals surface area contributed by atoms with Gasteiger partial charge in [-0.1, -0.05) is 84.9 Å². The summed E-state index contributed by atoms with van der Waals surface area (Å²) in [4.78, 5) is 27.2. The number of rotatable bonds is 11. The van der Waals surface area contributed by atoms with Crippen molar-refractivity contribution in [2.45, 2.75) is 69.8 Å². The van der Waals surface area contributed by atoms with Crippen molar-refractivity contribution in [1.82, 2.24) is 25.1 Å². The number of nitrogens with zero attached hydrogens (tertiary/aromatic N) is 4. The minimum absolute atomic E-state index is 0.0223. The van der Waals surface area contributed by atoms with E-state index in [9.17, 15) is 9.90 Å². The van der Waals surface area contributed by atoms with Crippen LogP contribution in [-0.4, -0.2) is 75.7 Å². The average Bonchev–Trinajstić information content (AvgIpc) is 3.89. The fraction of sp³-hybridized carbons (Fsp3) is 0.372. The van der Waals surface area contributed by atoms with Crippen LogP contribution in [0.25, 0.3) is 22.2 Å². The van der Waals surface area contributed by atoms with Crippen molar-refractivity contribution in [1.29, 1.82) is 0 Å². The monoisotopic (exact) mass is 697 g/mol. The molecule has 4 heterocycles. The number of amides is 1. The number of carbonyl (C=O) groups excluding carboxylic acids is 1. The Bertz CT molecular complexity index is 1960. The number of aromatic nitrogens is 2. The van der Waals surface area contributed by atoms with Gasteiger partial charge in [0.25, 0.3) is 5.91 Å². The van der Waals surface area contributed by atoms with Crippen LogP contribution in [0.4, 0.5) is 0 Å². The Kier molecular flexibility index (Phi) is 10.7. The average molecular weight is 698 g/mol. The lowest BCUT2D eigenvalue weighted by molar-refractivity contribution is -0.253. The number of benzene rings is 4. The van der Waals surface area contributed by atoms with Crippen molar-refractivity contribution < 1.29 is 19.4 Å². The van der Waals surface area contributed by atoms with E-state index >= 15 is 0 Å². The molecule has 3 fully saturated rings. The summed E-state index contributed by atoms with van der Waals surface area (Å²) < 4.78 is 13.5. The SMILES string of the molecule is O=C(NCc1ccccc1-c1ccc(C2OC(CN3CCCC3CN3CCCC3)CC(c3ccc(CO)cc3)O2)cc1)c1cnc2ccccc2n1. The number of hydrogen-bond donors (Lipinski definition) is 2. The van der Waals surface area contributed by atoms with E-state index in [4.69, 9.17) is 9.47 Å². The molecule has 4 aromatic carbocycles. The second-order valence-electron chi connectivity index (χ2n) is 14.4. The van der Waals surface area contributed by atoms with Gasteiger partial charge in [-0.15, -0.1) is 0 Å². The van der Waals surface area contributed by atoms with E-state index in [2.05, 4.69) is 67.5 Å². The summed E-state index contributed by atoms with van der Waals surface area (Å²) in [6.45, 7) is 5.99. The van der Waals surface area contributed by atoms with Crippen molar-refractivity contribution in [3.8, 4) is 11.1 Å². The van der Waals surface area contributed by atoms with Crippen LogP contribution in [0.1, 0.15) is 77.2 Å². The van der Waals surface area contributed by atoms with Gasteiger partial charge in [-0.25, -0.2) is 4.98 Å². The molecule has 5 aromatic rings. The van der Waals surface area contributed by atoms with E-state index in [-0.39, 0.29) is 24.7 Å². The van der Waals surface area contributed by atoms with E-state index < -0.39 is 6.29 Å². The van der Waals surface area contributed by atoms with E-state index in [0.29, 0.717) is 23.8 Å². The van der Waals surface area contributed by atoms with Gasteiger partial charge in [-0.05, 0) is 85.3 Å². The Morgan fingerprint density at radius 2 is 1.56 bits per heavy atom. The molecule has 4 unspecified atom stereocenters. The van der Waals surface area contributed by atoms with Gasteiger partial charge in [0.15, 0.2) is 6.29 Å². The quantitative estimate of drug-likeness (QED) is 0.155. The van der Waals surface area contributed by atoms with E-state index in [1.165, 1.54) is 45.0 Å². The first-order chi connectivity index (χ1) is 25.6. The first kappa shape index (κ1) is 34.6. The lowest BCUT2D eigenvalue weighted by Crippen LogP contribution is -2.45. The smallest absolute Gasteiger partial charge is 0.271 e. The maximum Gasteiger partial charge on any atom is 0.271 e. The van der Waals surface area contributed by atoms with Crippen LogP contribution in [0.2, 0.25) is 0 Å². The van der Waals surface area contributed by atoms with Crippen LogP contribution in [0.3, 0.4) is 0 Å². The summed E-state index contributed by atoms with van der Waals surface area (Å²) in [7, 11) is 0. The molecule has 1 amide bonds. The van der Waals surface area contributed by atoms with Gasteiger partial charge in [-0.2, -0.15) is 0 Å². The predicted octanol–water partition coefficient (Wildman–Crippen LogP) is 6.82. The Labute approximate surface area is 305 Å². The number of carbonyl (C=O) groups is 1. The normalized spacial score (nSPS) is 22.6. The summed E-state index contributed by atoms with van der Waals surface area (Å²) in [5.74, 6) is -0.263. The van der Waals surface area contributed by atoms with Gasteiger partial charge < -0.3 is 24.8 Å². The Morgan fingerprint density at radius 3 is 2.37 bits per heavy atom. The highest BCUT2D eigenvalue weighted by Crippen LogP contribution is 2.39. The molecule has 3 saturated heterocycles. The number of hydrogen-bond acceptors (Lipinski definition) is 8. The molecular formula is C43H47N5O4. The highest BCUT2D eigenvalue weighted by atomic mass is 16.7. The van der Waals surface area contributed by atoms with Crippen LogP contribution < -0.4 is 5.32 Å². The van der Waals surface area contributed by atoms with Crippen molar-refractivity contribution in [2.75, 3.05) is 32.7 Å². The van der Waals surface area contributed by atoms with Gasteiger partial charge in [-0.3, -0.25) is 14.7 Å². The van der Waals surface area contributed by atoms with Crippen molar-refractivity contribution >= 4 is 16.9 Å². The second-order valence-corrected chi connectivity index (χ2v) is 14.4. The summed E-state index contributed by atoms with van der Waals surface area (Å²) in [5.41, 5.74) is 7.80. The molecule has 3 aliphatic rings. The van der Waals surface area contributed by atoms with Gasteiger partial charge in [0, 0.05) is 37.7 Å². The lowest BCUT2D eigenvalue weighted by Gasteiger charge is -2.39. The first-order valence-electron chi connectivity index (χ1n) is 18.7. The highest BCUT2D eigenvalue weighted by Gasteiger charge is 2.36. The third-order valence-corrected chi connectivity index (χ3v) is 10.9. The number of nitrogens with one attached hydrogen (secondary N) is 1. The topological polar surface area (TPSA) is 100 Å². The Hall–Kier alpha value is -4.51. The molecule has 9 heteroatoms. The van der Waals surface area contributed by atoms with Gasteiger partial charge in [0.2, 0.25) is 0 Å². The zero-order valence-corrected chi connectivity index (χ0v) is 29.6. The van der Waals surface area contributed by atoms with Crippen molar-refractivity contribution in [2.24, 2.45) is 0 Å². The Balaban J connectivity index is 0.976. The minimum atomic E-state index is -0.507. The Morgan fingerprint density at radius 1 is 0.808 bits per heavy atom. The summed E-state index contributed by atoms with van der Waals surface area (Å²) in [5, 5.41) is 12.7. The van der Waals surface area contributed by atoms with Gasteiger partial charge >= 0.3 is 0 Å². The third kappa shape index (κ3) is 7.94. The zero-order valence-electron chi connectivity index (χ0n) is 29.6. The van der Waals surface area contributed by atoms with E-state index in [0.717, 1.165) is 65.0 Å². The van der Waals surface area contributed by atoms with Gasteiger partial charge in [0.1, 0.15) is 5.69 Å². The van der Waals surface area contributed by atoms with Gasteiger partial charge in [0.05, 0.1) is 36.0 Å². The fourth-order valence-corrected chi connectivity index (χ4v) is 8.01. The van der Waals surface area contributed by atoms with Crippen LogP contribution in [0.15, 0.2) is 103 Å². The molecule has 0 bridgehead atoms. The van der Waals surface area contributed by atoms with E-state index in [1.54, 1.807) is 0 Å². The largest absolute Gasteiger partial charge is 0.392 e. The number of likely N-dealkylation sites (tertiary alicyclic amines) is 2. The molecule has 4 atom stereocenters. The third-order valence-electron chi connectivity index (χ3n) is 10.9. The number of fused-ring (bicyclic) bond motifs is 1. The maximum absolute atomic E-state index is 13.1. The number of aliphatic hydroxyl groups excluding tert-OH is 1. The molecule has 268 valence electrons. The summed E-state index contributed by atoms with van der Waals surface area (Å²) >= 11 is 0. The molecule has 0 spiro atoms. The highest BCUT2D eigenvalue weighted by molar-refractivity contribution is 5.93. The van der Waals surface area contributed by atoms with E-state index in [1.807, 2.05) is 54.6 Å². The fourth-order valence-electron chi connectivity index (χ4n) is 8.01. The molecule has 2 N–H and O–H groups in total. The molecule has 0 aliphatic carbocycles. The molecule has 8 rings (SSSR count). The standard InChI is InChI=1S/C43H47N5O4/c49-29-30-13-15-32(16-14-30)41-24-36(28-48-23-7-9-35(48)27-47-21-5-6-22-47)51-43(52-41)33-19-17-31(18-20-33)37-10-2-1-8-34(37)25-45-42(50)40-26-44-38-11-3-4-12-39(38)46-40/h1-4,8,10-20,26,35-36,41,43,49H,5-7,9,21-25,27-29H2,(H,45,50). The lowest BCUT2D eigenvalue weighted by atomic mass is 9.97. The molecule has 9 nitrogen and oxygen atoms in total. The molecule has 1 aromatic heterocycles. The summed E-state index contributed by atoms with van der Waals surface area (Å²) in [6.07, 6.45) is 6.82. The molecule has 0 radical (unpaired) electrons.